The molecule has 2 N–H and O–H groups in total. The number of amides is 1. The summed E-state index contributed by atoms with van der Waals surface area (Å²) in [5.74, 6) is 0.231. The Morgan fingerprint density at radius 3 is 2.64 bits per heavy atom. The zero-order chi connectivity index (χ0) is 20.6. The third-order valence-corrected chi connectivity index (χ3v) is 4.94. The number of nitrogens with zero attached hydrogens (tertiary/aromatic N) is 1. The zero-order valence-corrected chi connectivity index (χ0v) is 15.3. The molecule has 1 aliphatic rings. The highest BCUT2D eigenvalue weighted by molar-refractivity contribution is 5.69. The van der Waals surface area contributed by atoms with E-state index in [0.717, 1.165) is 12.1 Å². The fraction of sp³-hybridized carbons (Fsp3) is 0.421. The Morgan fingerprint density at radius 1 is 1.36 bits per heavy atom. The van der Waals surface area contributed by atoms with Crippen molar-refractivity contribution in [3.8, 4) is 17.1 Å². The second-order valence-corrected chi connectivity index (χ2v) is 6.80. The second kappa shape index (κ2) is 7.38. The van der Waals surface area contributed by atoms with Crippen LogP contribution in [0.1, 0.15) is 29.4 Å². The summed E-state index contributed by atoms with van der Waals surface area (Å²) in [6, 6.07) is 4.72. The molecule has 0 aliphatic carbocycles. The molecule has 0 spiro atoms. The van der Waals surface area contributed by atoms with E-state index >= 15 is 0 Å². The summed E-state index contributed by atoms with van der Waals surface area (Å²) in [4.78, 5) is 12.3. The standard InChI is InChI=1S/C19H20F3NO5/c1-10-7-15(16(24)11-5-6-23(9-11)18(25)26)28-17(10)13-4-3-12(19(20,21)22)8-14(13)27-2/h3-4,7-8,11,16,24H,5-6,9H2,1-2H3,(H,25,26)/t11-,16?/m1/s1. The summed E-state index contributed by atoms with van der Waals surface area (Å²) >= 11 is 0. The summed E-state index contributed by atoms with van der Waals surface area (Å²) in [5, 5.41) is 19.6. The van der Waals surface area contributed by atoms with Crippen LogP contribution in [0.15, 0.2) is 28.7 Å². The molecule has 1 amide bonds. The van der Waals surface area contributed by atoms with E-state index in [0.29, 0.717) is 29.9 Å². The molecule has 0 saturated carbocycles. The molecule has 152 valence electrons. The van der Waals surface area contributed by atoms with Gasteiger partial charge in [0.15, 0.2) is 0 Å². The van der Waals surface area contributed by atoms with Crippen molar-refractivity contribution in [3.05, 3.63) is 41.2 Å². The third kappa shape index (κ3) is 3.80. The van der Waals surface area contributed by atoms with Crippen molar-refractivity contribution >= 4 is 6.09 Å². The number of aliphatic hydroxyl groups excluding tert-OH is 1. The van der Waals surface area contributed by atoms with Gasteiger partial charge >= 0.3 is 12.3 Å². The van der Waals surface area contributed by atoms with E-state index in [4.69, 9.17) is 14.3 Å². The lowest BCUT2D eigenvalue weighted by molar-refractivity contribution is -0.137. The molecule has 1 unspecified atom stereocenters. The molecule has 6 nitrogen and oxygen atoms in total. The fourth-order valence-electron chi connectivity index (χ4n) is 3.43. The molecule has 1 aromatic heterocycles. The van der Waals surface area contributed by atoms with Gasteiger partial charge in [0.25, 0.3) is 0 Å². The van der Waals surface area contributed by atoms with Gasteiger partial charge in [-0.1, -0.05) is 0 Å². The van der Waals surface area contributed by atoms with Crippen LogP contribution in [-0.2, 0) is 6.18 Å². The van der Waals surface area contributed by atoms with E-state index < -0.39 is 23.9 Å². The molecular formula is C19H20F3NO5. The first-order valence-electron chi connectivity index (χ1n) is 8.63. The number of methoxy groups -OCH3 is 1. The highest BCUT2D eigenvalue weighted by Gasteiger charge is 2.34. The minimum atomic E-state index is -4.50. The normalized spacial score (nSPS) is 18.4. The molecule has 9 heteroatoms. The number of rotatable bonds is 4. The van der Waals surface area contributed by atoms with Gasteiger partial charge in [0, 0.05) is 19.0 Å². The monoisotopic (exact) mass is 399 g/mol. The summed E-state index contributed by atoms with van der Waals surface area (Å²) < 4.78 is 49.7. The fourth-order valence-corrected chi connectivity index (χ4v) is 3.43. The summed E-state index contributed by atoms with van der Waals surface area (Å²) in [6.07, 6.45) is -6.06. The number of carboxylic acid groups (broad SMARTS) is 1. The lowest BCUT2D eigenvalue weighted by Crippen LogP contribution is -2.27. The van der Waals surface area contributed by atoms with E-state index in [1.807, 2.05) is 0 Å². The molecule has 3 rings (SSSR count). The van der Waals surface area contributed by atoms with Gasteiger partial charge in [-0.15, -0.1) is 0 Å². The number of furan rings is 1. The van der Waals surface area contributed by atoms with Crippen LogP contribution < -0.4 is 4.74 Å². The van der Waals surface area contributed by atoms with Gasteiger partial charge in [-0.25, -0.2) is 4.79 Å². The quantitative estimate of drug-likeness (QED) is 0.800. The molecular weight excluding hydrogens is 379 g/mol. The first-order valence-corrected chi connectivity index (χ1v) is 8.63. The van der Waals surface area contributed by atoms with Crippen molar-refractivity contribution in [2.75, 3.05) is 20.2 Å². The number of benzene rings is 1. The van der Waals surface area contributed by atoms with Crippen LogP contribution in [0.3, 0.4) is 0 Å². The van der Waals surface area contributed by atoms with Crippen LogP contribution in [0.2, 0.25) is 0 Å². The zero-order valence-electron chi connectivity index (χ0n) is 15.3. The molecule has 1 aromatic carbocycles. The van der Waals surface area contributed by atoms with Gasteiger partial charge in [-0.2, -0.15) is 13.2 Å². The summed E-state index contributed by atoms with van der Waals surface area (Å²) in [7, 11) is 1.27. The number of carbonyl (C=O) groups is 1. The number of aliphatic hydroxyl groups is 1. The van der Waals surface area contributed by atoms with Gasteiger partial charge in [0.1, 0.15) is 23.4 Å². The van der Waals surface area contributed by atoms with Crippen LogP contribution in [-0.4, -0.2) is 41.4 Å². The van der Waals surface area contributed by atoms with Crippen LogP contribution >= 0.6 is 0 Å². The van der Waals surface area contributed by atoms with E-state index in [9.17, 15) is 23.1 Å². The highest BCUT2D eigenvalue weighted by atomic mass is 19.4. The van der Waals surface area contributed by atoms with Crippen molar-refractivity contribution in [2.24, 2.45) is 5.92 Å². The van der Waals surface area contributed by atoms with Gasteiger partial charge in [0.2, 0.25) is 0 Å². The minimum Gasteiger partial charge on any atom is -0.496 e. The lowest BCUT2D eigenvalue weighted by atomic mass is 9.99. The van der Waals surface area contributed by atoms with Crippen molar-refractivity contribution in [3.63, 3.8) is 0 Å². The molecule has 0 radical (unpaired) electrons. The number of alkyl halides is 3. The number of aryl methyl sites for hydroxylation is 1. The molecule has 2 atom stereocenters. The SMILES string of the molecule is COc1cc(C(F)(F)F)ccc1-c1oc(C(O)[C@@H]2CCN(C(=O)O)C2)cc1C. The number of ether oxygens (including phenoxy) is 1. The number of halogens is 3. The maximum absolute atomic E-state index is 12.9. The predicted molar refractivity (Wildman–Crippen MR) is 93.1 cm³/mol. The summed E-state index contributed by atoms with van der Waals surface area (Å²) in [6.45, 7) is 2.23. The number of hydrogen-bond acceptors (Lipinski definition) is 4. The Bertz CT molecular complexity index is 877. The first-order chi connectivity index (χ1) is 13.1. The predicted octanol–water partition coefficient (Wildman–Crippen LogP) is 4.32. The molecule has 0 bridgehead atoms. The minimum absolute atomic E-state index is 0.00577. The largest absolute Gasteiger partial charge is 0.496 e. The molecule has 2 heterocycles. The van der Waals surface area contributed by atoms with Gasteiger partial charge in [-0.05, 0) is 43.2 Å². The Kier molecular flexibility index (Phi) is 5.29. The van der Waals surface area contributed by atoms with Gasteiger partial charge in [-0.3, -0.25) is 0 Å². The van der Waals surface area contributed by atoms with Crippen LogP contribution in [0.25, 0.3) is 11.3 Å². The van der Waals surface area contributed by atoms with Crippen molar-refractivity contribution < 1.29 is 37.3 Å². The van der Waals surface area contributed by atoms with E-state index in [1.165, 1.54) is 18.1 Å². The van der Waals surface area contributed by atoms with Crippen LogP contribution in [0, 0.1) is 12.8 Å². The number of likely N-dealkylation sites (tertiary alicyclic amines) is 1. The third-order valence-electron chi connectivity index (χ3n) is 4.94. The lowest BCUT2D eigenvalue weighted by Gasteiger charge is -2.16. The molecule has 2 aromatic rings. The maximum atomic E-state index is 12.9. The van der Waals surface area contributed by atoms with Gasteiger partial charge in [0.05, 0.1) is 18.2 Å². The smallest absolute Gasteiger partial charge is 0.416 e. The molecule has 1 aliphatic heterocycles. The number of hydrogen-bond donors (Lipinski definition) is 2. The molecule has 1 saturated heterocycles. The topological polar surface area (TPSA) is 83.1 Å². The van der Waals surface area contributed by atoms with Crippen LogP contribution in [0.4, 0.5) is 18.0 Å². The Balaban J connectivity index is 1.89. The Hall–Kier alpha value is -2.68. The van der Waals surface area contributed by atoms with Crippen molar-refractivity contribution in [1.82, 2.24) is 4.90 Å². The Labute approximate surface area is 159 Å². The van der Waals surface area contributed by atoms with Crippen molar-refractivity contribution in [1.29, 1.82) is 0 Å². The summed E-state index contributed by atoms with van der Waals surface area (Å²) in [5.41, 5.74) is 0.127. The van der Waals surface area contributed by atoms with Gasteiger partial charge < -0.3 is 24.3 Å². The van der Waals surface area contributed by atoms with E-state index in [1.54, 1.807) is 13.0 Å². The second-order valence-electron chi connectivity index (χ2n) is 6.80. The Morgan fingerprint density at radius 2 is 2.07 bits per heavy atom. The molecule has 28 heavy (non-hydrogen) atoms. The van der Waals surface area contributed by atoms with Crippen molar-refractivity contribution in [2.45, 2.75) is 25.6 Å². The highest BCUT2D eigenvalue weighted by Crippen LogP contribution is 2.41. The maximum Gasteiger partial charge on any atom is 0.416 e. The first kappa shape index (κ1) is 20.1. The van der Waals surface area contributed by atoms with Crippen LogP contribution in [0.5, 0.6) is 5.75 Å². The average molecular weight is 399 g/mol. The van der Waals surface area contributed by atoms with E-state index in [-0.39, 0.29) is 24.0 Å². The average Bonchev–Trinajstić information content (AvgIpc) is 3.27. The van der Waals surface area contributed by atoms with E-state index in [2.05, 4.69) is 0 Å². The molecule has 1 fully saturated rings.